The van der Waals surface area contributed by atoms with Gasteiger partial charge in [-0.2, -0.15) is 13.2 Å². The molecule has 1 aliphatic rings. The van der Waals surface area contributed by atoms with E-state index in [1.54, 1.807) is 13.0 Å². The van der Waals surface area contributed by atoms with E-state index < -0.39 is 29.8 Å². The van der Waals surface area contributed by atoms with Crippen LogP contribution in [0, 0.1) is 6.92 Å². The number of aliphatic hydroxyl groups excluding tert-OH is 1. The van der Waals surface area contributed by atoms with Crippen molar-refractivity contribution < 1.29 is 27.5 Å². The van der Waals surface area contributed by atoms with Crippen molar-refractivity contribution >= 4 is 5.91 Å². The van der Waals surface area contributed by atoms with Crippen LogP contribution in [-0.4, -0.2) is 28.6 Å². The molecule has 2 heterocycles. The van der Waals surface area contributed by atoms with E-state index in [-0.39, 0.29) is 18.7 Å². The number of benzene rings is 1. The molecular formula is C17H16F3NO3. The highest BCUT2D eigenvalue weighted by Crippen LogP contribution is 2.37. The third-order valence-electron chi connectivity index (χ3n) is 4.09. The van der Waals surface area contributed by atoms with E-state index in [2.05, 4.69) is 0 Å². The van der Waals surface area contributed by atoms with Crippen molar-refractivity contribution in [3.05, 3.63) is 59.0 Å². The fourth-order valence-electron chi connectivity index (χ4n) is 2.97. The molecule has 4 nitrogen and oxygen atoms in total. The van der Waals surface area contributed by atoms with Gasteiger partial charge < -0.3 is 14.4 Å². The molecule has 1 N–H and O–H groups in total. The average molecular weight is 339 g/mol. The van der Waals surface area contributed by atoms with Gasteiger partial charge in [-0.25, -0.2) is 0 Å². The van der Waals surface area contributed by atoms with Crippen LogP contribution in [0.4, 0.5) is 13.2 Å². The summed E-state index contributed by atoms with van der Waals surface area (Å²) in [6, 6.07) is 7.38. The van der Waals surface area contributed by atoms with E-state index in [0.29, 0.717) is 11.3 Å². The number of likely N-dealkylation sites (tertiary alicyclic amines) is 1. The Labute approximate surface area is 136 Å². The topological polar surface area (TPSA) is 53.7 Å². The highest BCUT2D eigenvalue weighted by Gasteiger charge is 2.38. The first kappa shape index (κ1) is 16.6. The normalized spacial score (nSPS) is 21.3. The molecule has 2 aromatic rings. The summed E-state index contributed by atoms with van der Waals surface area (Å²) >= 11 is 0. The second-order valence-corrected chi connectivity index (χ2v) is 5.90. The number of nitrogens with zero attached hydrogens (tertiary/aromatic N) is 1. The number of rotatable bonds is 2. The minimum absolute atomic E-state index is 0.0551. The standard InChI is InChI=1S/C17H16F3NO3/c1-10-5-6-15(24-10)16(23)21-9-13(22)8-14(21)11-3-2-4-12(7-11)17(18,19)20/h2-7,13-14,22H,8-9H2,1H3/t13-,14-/m0/s1. The smallest absolute Gasteiger partial charge is 0.416 e. The summed E-state index contributed by atoms with van der Waals surface area (Å²) in [5, 5.41) is 9.91. The van der Waals surface area contributed by atoms with Gasteiger partial charge in [0.05, 0.1) is 17.7 Å². The number of hydrogen-bond acceptors (Lipinski definition) is 3. The Balaban J connectivity index is 1.92. The van der Waals surface area contributed by atoms with Crippen LogP contribution in [0.2, 0.25) is 0 Å². The number of aryl methyl sites for hydroxylation is 1. The Morgan fingerprint density at radius 3 is 2.67 bits per heavy atom. The van der Waals surface area contributed by atoms with E-state index in [9.17, 15) is 23.1 Å². The van der Waals surface area contributed by atoms with Gasteiger partial charge in [0.2, 0.25) is 0 Å². The maximum Gasteiger partial charge on any atom is 0.416 e. The second-order valence-electron chi connectivity index (χ2n) is 5.90. The van der Waals surface area contributed by atoms with Crippen LogP contribution in [0.1, 0.15) is 39.9 Å². The lowest BCUT2D eigenvalue weighted by Crippen LogP contribution is -2.31. The van der Waals surface area contributed by atoms with Crippen molar-refractivity contribution in [1.82, 2.24) is 4.90 Å². The fourth-order valence-corrected chi connectivity index (χ4v) is 2.97. The van der Waals surface area contributed by atoms with E-state index >= 15 is 0 Å². The molecule has 3 rings (SSSR count). The molecule has 2 atom stereocenters. The van der Waals surface area contributed by atoms with Crippen molar-refractivity contribution in [3.63, 3.8) is 0 Å². The van der Waals surface area contributed by atoms with Gasteiger partial charge in [-0.3, -0.25) is 4.79 Å². The average Bonchev–Trinajstić information content (AvgIpc) is 3.12. The summed E-state index contributed by atoms with van der Waals surface area (Å²) in [5.41, 5.74) is -0.430. The van der Waals surface area contributed by atoms with Crippen LogP contribution in [0.25, 0.3) is 0 Å². The maximum atomic E-state index is 12.9. The van der Waals surface area contributed by atoms with E-state index in [1.165, 1.54) is 23.1 Å². The quantitative estimate of drug-likeness (QED) is 0.910. The lowest BCUT2D eigenvalue weighted by atomic mass is 10.0. The van der Waals surface area contributed by atoms with Gasteiger partial charge in [-0.05, 0) is 43.2 Å². The molecule has 1 aromatic heterocycles. The molecule has 128 valence electrons. The Hall–Kier alpha value is -2.28. The Morgan fingerprint density at radius 2 is 2.04 bits per heavy atom. The van der Waals surface area contributed by atoms with Crippen molar-refractivity contribution in [1.29, 1.82) is 0 Å². The largest absolute Gasteiger partial charge is 0.456 e. The Kier molecular flexibility index (Phi) is 4.13. The van der Waals surface area contributed by atoms with Crippen LogP contribution >= 0.6 is 0 Å². The summed E-state index contributed by atoms with van der Waals surface area (Å²) in [6.07, 6.45) is -5.06. The van der Waals surface area contributed by atoms with Crippen molar-refractivity contribution in [3.8, 4) is 0 Å². The van der Waals surface area contributed by atoms with Crippen LogP contribution < -0.4 is 0 Å². The molecule has 1 fully saturated rings. The van der Waals surface area contributed by atoms with E-state index in [4.69, 9.17) is 4.42 Å². The third-order valence-corrected chi connectivity index (χ3v) is 4.09. The van der Waals surface area contributed by atoms with Crippen molar-refractivity contribution in [2.24, 2.45) is 0 Å². The molecule has 0 radical (unpaired) electrons. The molecular weight excluding hydrogens is 323 g/mol. The van der Waals surface area contributed by atoms with Gasteiger partial charge in [-0.15, -0.1) is 0 Å². The molecule has 1 saturated heterocycles. The molecule has 0 spiro atoms. The monoisotopic (exact) mass is 339 g/mol. The lowest BCUT2D eigenvalue weighted by molar-refractivity contribution is -0.137. The van der Waals surface area contributed by atoms with Crippen LogP contribution in [0.15, 0.2) is 40.8 Å². The molecule has 0 bridgehead atoms. The highest BCUT2D eigenvalue weighted by molar-refractivity contribution is 5.92. The number of carbonyl (C=O) groups excluding carboxylic acids is 1. The lowest BCUT2D eigenvalue weighted by Gasteiger charge is -2.24. The number of hydrogen-bond donors (Lipinski definition) is 1. The number of carbonyl (C=O) groups is 1. The first-order chi connectivity index (χ1) is 11.3. The van der Waals surface area contributed by atoms with Crippen LogP contribution in [0.5, 0.6) is 0 Å². The number of furan rings is 1. The van der Waals surface area contributed by atoms with Gasteiger partial charge in [-0.1, -0.05) is 12.1 Å². The molecule has 1 aliphatic heterocycles. The van der Waals surface area contributed by atoms with Gasteiger partial charge in [0.25, 0.3) is 5.91 Å². The van der Waals surface area contributed by atoms with Crippen molar-refractivity contribution in [2.75, 3.05) is 6.54 Å². The van der Waals surface area contributed by atoms with Crippen molar-refractivity contribution in [2.45, 2.75) is 31.7 Å². The minimum Gasteiger partial charge on any atom is -0.456 e. The van der Waals surface area contributed by atoms with Gasteiger partial charge in [0, 0.05) is 6.54 Å². The summed E-state index contributed by atoms with van der Waals surface area (Å²) in [7, 11) is 0. The number of aliphatic hydroxyl groups is 1. The molecule has 0 saturated carbocycles. The molecule has 7 heteroatoms. The Morgan fingerprint density at radius 1 is 1.29 bits per heavy atom. The fraction of sp³-hybridized carbons (Fsp3) is 0.353. The third kappa shape index (κ3) is 3.17. The zero-order chi connectivity index (χ0) is 17.5. The molecule has 24 heavy (non-hydrogen) atoms. The first-order valence-electron chi connectivity index (χ1n) is 7.48. The zero-order valence-corrected chi connectivity index (χ0v) is 12.9. The summed E-state index contributed by atoms with van der Waals surface area (Å²) < 4.78 is 44.0. The SMILES string of the molecule is Cc1ccc(C(=O)N2C[C@@H](O)C[C@H]2c2cccc(C(F)(F)F)c2)o1. The summed E-state index contributed by atoms with van der Waals surface area (Å²) in [5.74, 6) is 0.231. The predicted molar refractivity (Wildman–Crippen MR) is 79.3 cm³/mol. The summed E-state index contributed by atoms with van der Waals surface area (Å²) in [6.45, 7) is 1.75. The Bertz CT molecular complexity index is 754. The molecule has 1 aromatic carbocycles. The van der Waals surface area contributed by atoms with E-state index in [0.717, 1.165) is 12.1 Å². The molecule has 0 unspecified atom stereocenters. The number of amides is 1. The number of halogens is 3. The summed E-state index contributed by atoms with van der Waals surface area (Å²) in [4.78, 5) is 13.9. The first-order valence-corrected chi connectivity index (χ1v) is 7.48. The van der Waals surface area contributed by atoms with Crippen LogP contribution in [-0.2, 0) is 6.18 Å². The molecule has 1 amide bonds. The zero-order valence-electron chi connectivity index (χ0n) is 12.9. The highest BCUT2D eigenvalue weighted by atomic mass is 19.4. The second kappa shape index (κ2) is 5.98. The minimum atomic E-state index is -4.46. The predicted octanol–water partition coefficient (Wildman–Crippen LogP) is 3.55. The van der Waals surface area contributed by atoms with Crippen LogP contribution in [0.3, 0.4) is 0 Å². The van der Waals surface area contributed by atoms with Gasteiger partial charge in [0.15, 0.2) is 5.76 Å². The van der Waals surface area contributed by atoms with Gasteiger partial charge in [0.1, 0.15) is 5.76 Å². The number of alkyl halides is 3. The maximum absolute atomic E-state index is 12.9. The molecule has 0 aliphatic carbocycles. The van der Waals surface area contributed by atoms with E-state index in [1.807, 2.05) is 0 Å². The number of β-amino-alcohol motifs (C(OH)–C–C–N with tert-alkyl or cyclic N) is 1. The van der Waals surface area contributed by atoms with Gasteiger partial charge >= 0.3 is 6.18 Å².